The molecule has 1 rings (SSSR count). The molecule has 1 fully saturated rings. The fourth-order valence-corrected chi connectivity index (χ4v) is 1.37. The molecule has 1 aliphatic rings. The summed E-state index contributed by atoms with van der Waals surface area (Å²) in [4.78, 5) is 0. The van der Waals surface area contributed by atoms with Gasteiger partial charge in [-0.1, -0.05) is 6.92 Å². The summed E-state index contributed by atoms with van der Waals surface area (Å²) >= 11 is 0. The van der Waals surface area contributed by atoms with Crippen LogP contribution in [-0.2, 0) is 0 Å². The second-order valence-electron chi connectivity index (χ2n) is 2.97. The zero-order valence-electron chi connectivity index (χ0n) is 6.39. The van der Waals surface area contributed by atoms with Crippen molar-refractivity contribution in [2.24, 2.45) is 5.92 Å². The molecule has 0 bridgehead atoms. The molecule has 1 heterocycles. The molecular formula is C6H15N3. The van der Waals surface area contributed by atoms with Crippen LogP contribution in [0.2, 0.25) is 0 Å². The maximum absolute atomic E-state index is 3.18. The van der Waals surface area contributed by atoms with Crippen molar-refractivity contribution in [2.75, 3.05) is 27.2 Å². The Morgan fingerprint density at radius 2 is 1.67 bits per heavy atom. The van der Waals surface area contributed by atoms with E-state index in [1.807, 2.05) is 0 Å². The zero-order valence-corrected chi connectivity index (χ0v) is 6.39. The predicted molar refractivity (Wildman–Crippen MR) is 37.6 cm³/mol. The minimum absolute atomic E-state index is 0.779. The molecule has 0 saturated carbocycles. The monoisotopic (exact) mass is 129 g/mol. The summed E-state index contributed by atoms with van der Waals surface area (Å²) < 4.78 is 0. The first kappa shape index (κ1) is 6.99. The highest BCUT2D eigenvalue weighted by Gasteiger charge is 2.15. The van der Waals surface area contributed by atoms with Crippen LogP contribution < -0.4 is 5.53 Å². The van der Waals surface area contributed by atoms with Crippen LogP contribution in [0.5, 0.6) is 0 Å². The number of nitrogens with zero attached hydrogens (tertiary/aromatic N) is 2. The third-order valence-electron chi connectivity index (χ3n) is 1.51. The van der Waals surface area contributed by atoms with Gasteiger partial charge in [-0.2, -0.15) is 5.53 Å². The third-order valence-corrected chi connectivity index (χ3v) is 1.51. The second-order valence-corrected chi connectivity index (χ2v) is 2.97. The van der Waals surface area contributed by atoms with Gasteiger partial charge in [0.2, 0.25) is 0 Å². The highest BCUT2D eigenvalue weighted by atomic mass is 15.7. The Labute approximate surface area is 56.6 Å². The lowest BCUT2D eigenvalue weighted by atomic mass is 10.1. The molecule has 0 aliphatic carbocycles. The highest BCUT2D eigenvalue weighted by molar-refractivity contribution is 4.62. The van der Waals surface area contributed by atoms with Crippen LogP contribution in [0.3, 0.4) is 0 Å². The van der Waals surface area contributed by atoms with Crippen LogP contribution >= 0.6 is 0 Å². The third kappa shape index (κ3) is 1.93. The van der Waals surface area contributed by atoms with Crippen molar-refractivity contribution in [2.45, 2.75) is 6.92 Å². The molecule has 0 amide bonds. The normalized spacial score (nSPS) is 27.0. The molecule has 0 radical (unpaired) electrons. The highest BCUT2D eigenvalue weighted by Crippen LogP contribution is 2.02. The van der Waals surface area contributed by atoms with Crippen molar-refractivity contribution in [3.8, 4) is 0 Å². The summed E-state index contributed by atoms with van der Waals surface area (Å²) in [7, 11) is 4.12. The summed E-state index contributed by atoms with van der Waals surface area (Å²) in [6.45, 7) is 4.54. The van der Waals surface area contributed by atoms with Gasteiger partial charge < -0.3 is 0 Å². The van der Waals surface area contributed by atoms with Crippen molar-refractivity contribution in [1.82, 2.24) is 15.6 Å². The van der Waals surface area contributed by atoms with E-state index >= 15 is 0 Å². The first-order valence-electron chi connectivity index (χ1n) is 3.37. The molecule has 0 aromatic heterocycles. The summed E-state index contributed by atoms with van der Waals surface area (Å²) in [5.74, 6) is 0.779. The van der Waals surface area contributed by atoms with Crippen LogP contribution in [0.1, 0.15) is 6.92 Å². The summed E-state index contributed by atoms with van der Waals surface area (Å²) in [5, 5.41) is 4.21. The fraction of sp³-hybridized carbons (Fsp3) is 1.00. The van der Waals surface area contributed by atoms with Gasteiger partial charge in [-0.3, -0.25) is 0 Å². The SMILES string of the molecule is CC1CN(C)NN(C)C1. The van der Waals surface area contributed by atoms with Crippen molar-refractivity contribution in [3.05, 3.63) is 0 Å². The number of hydrogen-bond acceptors (Lipinski definition) is 3. The van der Waals surface area contributed by atoms with Gasteiger partial charge in [-0.25, -0.2) is 10.0 Å². The first-order chi connectivity index (χ1) is 4.18. The van der Waals surface area contributed by atoms with Gasteiger partial charge in [0.1, 0.15) is 0 Å². The Hall–Kier alpha value is -0.120. The standard InChI is InChI=1S/C6H15N3/c1-6-4-8(2)7-9(3)5-6/h6-7H,4-5H2,1-3H3. The van der Waals surface area contributed by atoms with Crippen LogP contribution in [0, 0.1) is 5.92 Å². The van der Waals surface area contributed by atoms with Crippen molar-refractivity contribution >= 4 is 0 Å². The van der Waals surface area contributed by atoms with E-state index in [1.54, 1.807) is 0 Å². The lowest BCUT2D eigenvalue weighted by Gasteiger charge is -2.35. The fourth-order valence-electron chi connectivity index (χ4n) is 1.37. The van der Waals surface area contributed by atoms with Crippen LogP contribution in [0.25, 0.3) is 0 Å². The van der Waals surface area contributed by atoms with Gasteiger partial charge in [0.25, 0.3) is 0 Å². The average molecular weight is 129 g/mol. The Bertz CT molecular complexity index is 69.3. The first-order valence-corrected chi connectivity index (χ1v) is 3.37. The van der Waals surface area contributed by atoms with Crippen LogP contribution in [0.4, 0.5) is 0 Å². The van der Waals surface area contributed by atoms with Gasteiger partial charge in [-0.05, 0) is 5.92 Å². The van der Waals surface area contributed by atoms with E-state index in [4.69, 9.17) is 0 Å². The van der Waals surface area contributed by atoms with Crippen molar-refractivity contribution in [1.29, 1.82) is 0 Å². The van der Waals surface area contributed by atoms with Gasteiger partial charge in [-0.15, -0.1) is 0 Å². The quantitative estimate of drug-likeness (QED) is 0.493. The van der Waals surface area contributed by atoms with E-state index in [9.17, 15) is 0 Å². The molecule has 1 N–H and O–H groups in total. The minimum atomic E-state index is 0.779. The predicted octanol–water partition coefficient (Wildman–Crippen LogP) is -0.0807. The van der Waals surface area contributed by atoms with E-state index in [1.165, 1.54) is 0 Å². The molecule has 9 heavy (non-hydrogen) atoms. The maximum atomic E-state index is 3.18. The lowest BCUT2D eigenvalue weighted by molar-refractivity contribution is -0.00355. The maximum Gasteiger partial charge on any atom is 0.0179 e. The second kappa shape index (κ2) is 2.64. The van der Waals surface area contributed by atoms with Gasteiger partial charge in [0.15, 0.2) is 0 Å². The Balaban J connectivity index is 2.34. The number of hydrazine groups is 2. The van der Waals surface area contributed by atoms with Crippen molar-refractivity contribution in [3.63, 3.8) is 0 Å². The molecule has 0 aromatic rings. The number of nitrogens with one attached hydrogen (secondary N) is 1. The Morgan fingerprint density at radius 1 is 1.22 bits per heavy atom. The van der Waals surface area contributed by atoms with Gasteiger partial charge in [0, 0.05) is 27.2 Å². The van der Waals surface area contributed by atoms with Crippen LogP contribution in [0.15, 0.2) is 0 Å². The average Bonchev–Trinajstić information content (AvgIpc) is 1.59. The van der Waals surface area contributed by atoms with E-state index in [2.05, 4.69) is 36.6 Å². The topological polar surface area (TPSA) is 18.5 Å². The molecule has 1 aliphatic heterocycles. The molecule has 0 aromatic carbocycles. The molecule has 0 spiro atoms. The molecule has 0 atom stereocenters. The summed E-state index contributed by atoms with van der Waals surface area (Å²) in [6.07, 6.45) is 0. The van der Waals surface area contributed by atoms with E-state index in [-0.39, 0.29) is 0 Å². The van der Waals surface area contributed by atoms with E-state index in [0.717, 1.165) is 19.0 Å². The lowest BCUT2D eigenvalue weighted by Crippen LogP contribution is -2.54. The molecule has 3 heteroatoms. The summed E-state index contributed by atoms with van der Waals surface area (Å²) in [6, 6.07) is 0. The van der Waals surface area contributed by atoms with E-state index < -0.39 is 0 Å². The molecule has 3 nitrogen and oxygen atoms in total. The Morgan fingerprint density at radius 3 is 2.00 bits per heavy atom. The molecule has 1 saturated heterocycles. The van der Waals surface area contributed by atoms with Gasteiger partial charge in [0.05, 0.1) is 0 Å². The smallest absolute Gasteiger partial charge is 0.0179 e. The summed E-state index contributed by atoms with van der Waals surface area (Å²) in [5.41, 5.74) is 3.18. The molecule has 0 unspecified atom stereocenters. The van der Waals surface area contributed by atoms with Crippen molar-refractivity contribution < 1.29 is 0 Å². The van der Waals surface area contributed by atoms with E-state index in [0.29, 0.717) is 0 Å². The van der Waals surface area contributed by atoms with Crippen LogP contribution in [-0.4, -0.2) is 37.2 Å². The van der Waals surface area contributed by atoms with Gasteiger partial charge >= 0.3 is 0 Å². The zero-order chi connectivity index (χ0) is 6.85. The Kier molecular flexibility index (Phi) is 2.05. The number of hydrogen-bond donors (Lipinski definition) is 1. The molecular weight excluding hydrogens is 114 g/mol. The largest absolute Gasteiger partial charge is 0.233 e. The molecule has 54 valence electrons. The number of rotatable bonds is 0. The minimum Gasteiger partial charge on any atom is -0.233 e.